The second-order valence-electron chi connectivity index (χ2n) is 4.69. The van der Waals surface area contributed by atoms with Gasteiger partial charge in [0.15, 0.2) is 0 Å². The Labute approximate surface area is 91.8 Å². The van der Waals surface area contributed by atoms with Crippen molar-refractivity contribution in [3.63, 3.8) is 0 Å². The number of amides is 1. The highest BCUT2D eigenvalue weighted by Crippen LogP contribution is 2.11. The fraction of sp³-hybridized carbons (Fsp3) is 0.909. The molecule has 0 saturated carbocycles. The van der Waals surface area contributed by atoms with Gasteiger partial charge in [-0.15, -0.1) is 0 Å². The molecular weight excluding hydrogens is 192 g/mol. The summed E-state index contributed by atoms with van der Waals surface area (Å²) in [5.41, 5.74) is -0.132. The molecule has 1 rings (SSSR count). The Morgan fingerprint density at radius 3 is 2.87 bits per heavy atom. The molecular formula is C11H22N2O2. The van der Waals surface area contributed by atoms with Crippen LogP contribution in [-0.4, -0.2) is 37.2 Å². The van der Waals surface area contributed by atoms with Crippen molar-refractivity contribution in [3.8, 4) is 0 Å². The zero-order chi connectivity index (χ0) is 11.3. The molecule has 4 nitrogen and oxygen atoms in total. The second kappa shape index (κ2) is 5.47. The van der Waals surface area contributed by atoms with E-state index in [1.54, 1.807) is 0 Å². The third-order valence-corrected chi connectivity index (χ3v) is 2.56. The van der Waals surface area contributed by atoms with E-state index in [2.05, 4.69) is 17.6 Å². The largest absolute Gasteiger partial charge is 0.366 e. The Hall–Kier alpha value is -0.610. The molecule has 88 valence electrons. The molecule has 1 aliphatic heterocycles. The summed E-state index contributed by atoms with van der Waals surface area (Å²) < 4.78 is 5.39. The van der Waals surface area contributed by atoms with Crippen LogP contribution in [-0.2, 0) is 9.53 Å². The predicted molar refractivity (Wildman–Crippen MR) is 59.7 cm³/mol. The third-order valence-electron chi connectivity index (χ3n) is 2.56. The number of carbonyl (C=O) groups is 1. The summed E-state index contributed by atoms with van der Waals surface area (Å²) in [6.45, 7) is 8.28. The van der Waals surface area contributed by atoms with Gasteiger partial charge in [0, 0.05) is 18.6 Å². The highest BCUT2D eigenvalue weighted by molar-refractivity contribution is 5.81. The zero-order valence-electron chi connectivity index (χ0n) is 9.93. The fourth-order valence-corrected chi connectivity index (χ4v) is 1.84. The first-order chi connectivity index (χ1) is 7.05. The molecule has 0 spiro atoms. The Morgan fingerprint density at radius 2 is 2.33 bits per heavy atom. The summed E-state index contributed by atoms with van der Waals surface area (Å²) in [4.78, 5) is 11.8. The highest BCUT2D eigenvalue weighted by atomic mass is 16.5. The number of hydrogen-bond acceptors (Lipinski definition) is 3. The van der Waals surface area contributed by atoms with Crippen molar-refractivity contribution >= 4 is 5.91 Å². The molecule has 0 aromatic carbocycles. The van der Waals surface area contributed by atoms with Gasteiger partial charge in [0.25, 0.3) is 5.91 Å². The minimum Gasteiger partial charge on any atom is -0.366 e. The van der Waals surface area contributed by atoms with E-state index in [1.807, 2.05) is 13.8 Å². The van der Waals surface area contributed by atoms with E-state index >= 15 is 0 Å². The van der Waals surface area contributed by atoms with E-state index in [0.29, 0.717) is 13.2 Å². The minimum absolute atomic E-state index is 0.000602. The van der Waals surface area contributed by atoms with Gasteiger partial charge in [-0.1, -0.05) is 13.3 Å². The smallest absolute Gasteiger partial charge is 0.250 e. The number of nitrogens with one attached hydrogen (secondary N) is 2. The second-order valence-corrected chi connectivity index (χ2v) is 4.69. The van der Waals surface area contributed by atoms with Crippen LogP contribution in [0.1, 0.15) is 33.6 Å². The van der Waals surface area contributed by atoms with Gasteiger partial charge in [0.2, 0.25) is 0 Å². The lowest BCUT2D eigenvalue weighted by Crippen LogP contribution is -2.53. The summed E-state index contributed by atoms with van der Waals surface area (Å²) >= 11 is 0. The number of hydrogen-bond donors (Lipinski definition) is 2. The van der Waals surface area contributed by atoms with Crippen molar-refractivity contribution in [2.45, 2.75) is 45.3 Å². The van der Waals surface area contributed by atoms with Gasteiger partial charge in [-0.3, -0.25) is 4.79 Å². The minimum atomic E-state index is -0.324. The molecule has 0 radical (unpaired) electrons. The van der Waals surface area contributed by atoms with E-state index in [9.17, 15) is 4.79 Å². The topological polar surface area (TPSA) is 50.4 Å². The highest BCUT2D eigenvalue weighted by Gasteiger charge is 2.26. The standard InChI is InChI=1S/C11H22N2O2/c1-4-5-11(2,3)13-10(14)9-8-12-6-7-15-9/h9,12H,4-8H2,1-3H3,(H,13,14)/t9-/m1/s1. The zero-order valence-corrected chi connectivity index (χ0v) is 9.93. The normalized spacial score (nSPS) is 22.5. The Balaban J connectivity index is 2.39. The number of carbonyl (C=O) groups excluding carboxylic acids is 1. The first-order valence-corrected chi connectivity index (χ1v) is 5.69. The molecule has 1 fully saturated rings. The number of ether oxygens (including phenoxy) is 1. The molecule has 0 aromatic heterocycles. The first kappa shape index (κ1) is 12.5. The average Bonchev–Trinajstić information content (AvgIpc) is 2.18. The molecule has 1 aliphatic rings. The van der Waals surface area contributed by atoms with Crippen LogP contribution in [0.25, 0.3) is 0 Å². The third kappa shape index (κ3) is 4.18. The Kier molecular flexibility index (Phi) is 4.54. The van der Waals surface area contributed by atoms with Gasteiger partial charge in [0.05, 0.1) is 6.61 Å². The van der Waals surface area contributed by atoms with Gasteiger partial charge in [-0.25, -0.2) is 0 Å². The van der Waals surface area contributed by atoms with E-state index in [1.165, 1.54) is 0 Å². The molecule has 0 aromatic rings. The monoisotopic (exact) mass is 214 g/mol. The van der Waals surface area contributed by atoms with E-state index in [-0.39, 0.29) is 17.6 Å². The SMILES string of the molecule is CCCC(C)(C)NC(=O)[C@H]1CNCCO1. The first-order valence-electron chi connectivity index (χ1n) is 5.69. The Bertz CT molecular complexity index is 211. The van der Waals surface area contributed by atoms with Crippen molar-refractivity contribution < 1.29 is 9.53 Å². The summed E-state index contributed by atoms with van der Waals surface area (Å²) in [6, 6.07) is 0. The molecule has 1 atom stereocenters. The van der Waals surface area contributed by atoms with Gasteiger partial charge in [0.1, 0.15) is 6.10 Å². The van der Waals surface area contributed by atoms with Crippen molar-refractivity contribution in [1.29, 1.82) is 0 Å². The van der Waals surface area contributed by atoms with Crippen LogP contribution in [0.3, 0.4) is 0 Å². The quantitative estimate of drug-likeness (QED) is 0.723. The van der Waals surface area contributed by atoms with Crippen LogP contribution in [0.15, 0.2) is 0 Å². The molecule has 0 aliphatic carbocycles. The maximum Gasteiger partial charge on any atom is 0.250 e. The Morgan fingerprint density at radius 1 is 1.60 bits per heavy atom. The van der Waals surface area contributed by atoms with E-state index < -0.39 is 0 Å². The summed E-state index contributed by atoms with van der Waals surface area (Å²) in [6.07, 6.45) is 1.73. The number of rotatable bonds is 4. The van der Waals surface area contributed by atoms with Crippen molar-refractivity contribution in [2.24, 2.45) is 0 Å². The molecule has 0 bridgehead atoms. The maximum absolute atomic E-state index is 11.8. The van der Waals surface area contributed by atoms with Crippen molar-refractivity contribution in [2.75, 3.05) is 19.7 Å². The summed E-state index contributed by atoms with van der Waals surface area (Å²) in [7, 11) is 0. The lowest BCUT2D eigenvalue weighted by molar-refractivity contribution is -0.136. The van der Waals surface area contributed by atoms with Crippen LogP contribution in [0, 0.1) is 0 Å². The average molecular weight is 214 g/mol. The fourth-order valence-electron chi connectivity index (χ4n) is 1.84. The molecule has 15 heavy (non-hydrogen) atoms. The van der Waals surface area contributed by atoms with Crippen molar-refractivity contribution in [1.82, 2.24) is 10.6 Å². The van der Waals surface area contributed by atoms with Gasteiger partial charge in [-0.2, -0.15) is 0 Å². The predicted octanol–water partition coefficient (Wildman–Crippen LogP) is 0.670. The number of morpholine rings is 1. The summed E-state index contributed by atoms with van der Waals surface area (Å²) in [5, 5.41) is 6.17. The molecule has 4 heteroatoms. The van der Waals surface area contributed by atoms with E-state index in [0.717, 1.165) is 19.4 Å². The molecule has 1 heterocycles. The van der Waals surface area contributed by atoms with Crippen LogP contribution in [0.4, 0.5) is 0 Å². The van der Waals surface area contributed by atoms with Gasteiger partial charge < -0.3 is 15.4 Å². The lowest BCUT2D eigenvalue weighted by Gasteiger charge is -2.30. The van der Waals surface area contributed by atoms with Gasteiger partial charge in [-0.05, 0) is 20.3 Å². The molecule has 1 saturated heterocycles. The molecule has 0 unspecified atom stereocenters. The molecule has 2 N–H and O–H groups in total. The van der Waals surface area contributed by atoms with Crippen LogP contribution in [0.5, 0.6) is 0 Å². The van der Waals surface area contributed by atoms with Crippen LogP contribution < -0.4 is 10.6 Å². The summed E-state index contributed by atoms with van der Waals surface area (Å²) in [5.74, 6) is 0.000602. The van der Waals surface area contributed by atoms with E-state index in [4.69, 9.17) is 4.74 Å². The lowest BCUT2D eigenvalue weighted by atomic mass is 9.98. The van der Waals surface area contributed by atoms with Gasteiger partial charge >= 0.3 is 0 Å². The van der Waals surface area contributed by atoms with Crippen molar-refractivity contribution in [3.05, 3.63) is 0 Å². The molecule has 1 amide bonds. The maximum atomic E-state index is 11.8. The van der Waals surface area contributed by atoms with Crippen LogP contribution >= 0.6 is 0 Å². The van der Waals surface area contributed by atoms with Crippen LogP contribution in [0.2, 0.25) is 0 Å².